The number of nitrogens with one attached hydrogen (secondary N) is 2. The van der Waals surface area contributed by atoms with Crippen molar-refractivity contribution < 1.29 is 0 Å². The number of rotatable bonds is 2. The van der Waals surface area contributed by atoms with Crippen LogP contribution >= 0.6 is 0 Å². The predicted octanol–water partition coefficient (Wildman–Crippen LogP) is 1.91. The number of aromatic nitrogens is 3. The van der Waals surface area contributed by atoms with Crippen molar-refractivity contribution in [1.29, 1.82) is 0 Å². The number of H-pyrrole nitrogens is 1. The fourth-order valence-corrected chi connectivity index (χ4v) is 3.11. The van der Waals surface area contributed by atoms with Gasteiger partial charge in [-0.2, -0.15) is 0 Å². The van der Waals surface area contributed by atoms with E-state index in [2.05, 4.69) is 37.3 Å². The van der Waals surface area contributed by atoms with Crippen molar-refractivity contribution in [3.63, 3.8) is 0 Å². The van der Waals surface area contributed by atoms with E-state index in [1.807, 2.05) is 25.6 Å². The van der Waals surface area contributed by atoms with Crippen LogP contribution in [-0.2, 0) is 0 Å². The van der Waals surface area contributed by atoms with Crippen LogP contribution < -0.4 is 10.2 Å². The third-order valence-corrected chi connectivity index (χ3v) is 4.21. The molecule has 20 heavy (non-hydrogen) atoms. The number of aromatic amines is 1. The van der Waals surface area contributed by atoms with Gasteiger partial charge in [0.2, 0.25) is 0 Å². The molecule has 0 aliphatic carbocycles. The fourth-order valence-electron chi connectivity index (χ4n) is 3.11. The van der Waals surface area contributed by atoms with Crippen LogP contribution in [0.5, 0.6) is 0 Å². The Hall–Kier alpha value is -2.14. The van der Waals surface area contributed by atoms with E-state index in [1.54, 1.807) is 0 Å². The van der Waals surface area contributed by atoms with Crippen molar-refractivity contribution in [1.82, 2.24) is 20.3 Å². The molecule has 0 saturated carbocycles. The summed E-state index contributed by atoms with van der Waals surface area (Å²) in [6.45, 7) is 2.13. The first-order valence-corrected chi connectivity index (χ1v) is 7.00. The predicted molar refractivity (Wildman–Crippen MR) is 81.1 cm³/mol. The van der Waals surface area contributed by atoms with Gasteiger partial charge in [-0.25, -0.2) is 4.98 Å². The van der Waals surface area contributed by atoms with E-state index in [4.69, 9.17) is 0 Å². The maximum Gasteiger partial charge on any atom is 0.138 e. The summed E-state index contributed by atoms with van der Waals surface area (Å²) in [5.74, 6) is 0. The molecule has 1 saturated heterocycles. The molecule has 1 unspecified atom stereocenters. The van der Waals surface area contributed by atoms with Gasteiger partial charge in [0.1, 0.15) is 5.65 Å². The zero-order chi connectivity index (χ0) is 13.5. The number of nitrogens with zero attached hydrogens (tertiary/aromatic N) is 3. The first-order valence-electron chi connectivity index (χ1n) is 7.00. The zero-order valence-electron chi connectivity index (χ0n) is 11.4. The topological polar surface area (TPSA) is 56.8 Å². The molecule has 3 aromatic rings. The van der Waals surface area contributed by atoms with E-state index in [-0.39, 0.29) is 0 Å². The summed E-state index contributed by atoms with van der Waals surface area (Å²) in [5.41, 5.74) is 3.15. The minimum absolute atomic E-state index is 0.571. The molecule has 5 nitrogen and oxygen atoms in total. The Morgan fingerprint density at radius 3 is 3.15 bits per heavy atom. The van der Waals surface area contributed by atoms with E-state index < -0.39 is 0 Å². The molecule has 0 bridgehead atoms. The lowest BCUT2D eigenvalue weighted by molar-refractivity contribution is 0.617. The molecule has 1 fully saturated rings. The van der Waals surface area contributed by atoms with Crippen LogP contribution in [0.3, 0.4) is 0 Å². The SMILES string of the molecule is CNC1CCN(c2ccnc3cnc4[nH]ccc4c23)C1. The summed E-state index contributed by atoms with van der Waals surface area (Å²) in [7, 11) is 2.03. The van der Waals surface area contributed by atoms with Crippen molar-refractivity contribution in [3.8, 4) is 0 Å². The van der Waals surface area contributed by atoms with Crippen molar-refractivity contribution in [2.24, 2.45) is 0 Å². The van der Waals surface area contributed by atoms with Crippen LogP contribution in [-0.4, -0.2) is 41.1 Å². The second-order valence-corrected chi connectivity index (χ2v) is 5.31. The van der Waals surface area contributed by atoms with E-state index in [0.717, 1.165) is 29.6 Å². The Balaban J connectivity index is 1.92. The number of fused-ring (bicyclic) bond motifs is 3. The van der Waals surface area contributed by atoms with Gasteiger partial charge >= 0.3 is 0 Å². The first-order chi connectivity index (χ1) is 9.86. The molecule has 1 aliphatic heterocycles. The van der Waals surface area contributed by atoms with Gasteiger partial charge in [0.25, 0.3) is 0 Å². The summed E-state index contributed by atoms with van der Waals surface area (Å²) in [5, 5.41) is 5.72. The highest BCUT2D eigenvalue weighted by Crippen LogP contribution is 2.32. The summed E-state index contributed by atoms with van der Waals surface area (Å²) in [6.07, 6.45) is 6.85. The standard InChI is InChI=1S/C15H17N5/c1-16-10-4-7-20(9-10)13-3-6-17-12-8-19-15-11(14(12)13)2-5-18-15/h2-3,5-6,8,10,16H,4,7,9H2,1H3,(H,18,19). The van der Waals surface area contributed by atoms with Gasteiger partial charge in [0.05, 0.1) is 11.7 Å². The second kappa shape index (κ2) is 4.45. The van der Waals surface area contributed by atoms with Crippen LogP contribution in [0.4, 0.5) is 5.69 Å². The molecule has 0 amide bonds. The van der Waals surface area contributed by atoms with Crippen LogP contribution in [0.25, 0.3) is 21.9 Å². The molecular formula is C15H17N5. The van der Waals surface area contributed by atoms with Crippen molar-refractivity contribution in [2.45, 2.75) is 12.5 Å². The first kappa shape index (κ1) is 11.7. The Kier molecular flexibility index (Phi) is 2.60. The Morgan fingerprint density at radius 1 is 1.35 bits per heavy atom. The van der Waals surface area contributed by atoms with Crippen molar-refractivity contribution >= 4 is 27.6 Å². The Morgan fingerprint density at radius 2 is 2.30 bits per heavy atom. The molecule has 4 heterocycles. The molecule has 3 aromatic heterocycles. The zero-order valence-corrected chi connectivity index (χ0v) is 11.4. The van der Waals surface area contributed by atoms with E-state index in [9.17, 15) is 0 Å². The highest BCUT2D eigenvalue weighted by atomic mass is 15.2. The van der Waals surface area contributed by atoms with E-state index in [1.165, 1.54) is 17.5 Å². The molecule has 1 atom stereocenters. The van der Waals surface area contributed by atoms with E-state index >= 15 is 0 Å². The highest BCUT2D eigenvalue weighted by molar-refractivity contribution is 6.10. The lowest BCUT2D eigenvalue weighted by Crippen LogP contribution is -2.29. The molecule has 0 radical (unpaired) electrons. The normalized spacial score (nSPS) is 19.2. The molecule has 5 heteroatoms. The second-order valence-electron chi connectivity index (χ2n) is 5.31. The van der Waals surface area contributed by atoms with Gasteiger partial charge in [-0.05, 0) is 25.6 Å². The highest BCUT2D eigenvalue weighted by Gasteiger charge is 2.23. The molecule has 1 aliphatic rings. The minimum atomic E-state index is 0.571. The van der Waals surface area contributed by atoms with Crippen LogP contribution in [0, 0.1) is 0 Å². The largest absolute Gasteiger partial charge is 0.369 e. The fraction of sp³-hybridized carbons (Fsp3) is 0.333. The van der Waals surface area contributed by atoms with Crippen molar-refractivity contribution in [2.75, 3.05) is 25.0 Å². The molecule has 0 aromatic carbocycles. The van der Waals surface area contributed by atoms with Gasteiger partial charge in [-0.1, -0.05) is 0 Å². The maximum absolute atomic E-state index is 4.46. The molecule has 2 N–H and O–H groups in total. The van der Waals surface area contributed by atoms with Crippen LogP contribution in [0.1, 0.15) is 6.42 Å². The van der Waals surface area contributed by atoms with Crippen LogP contribution in [0.2, 0.25) is 0 Å². The van der Waals surface area contributed by atoms with Gasteiger partial charge in [-0.3, -0.25) is 4.98 Å². The average molecular weight is 267 g/mol. The summed E-state index contributed by atoms with van der Waals surface area (Å²) >= 11 is 0. The number of hydrogen-bond acceptors (Lipinski definition) is 4. The lowest BCUT2D eigenvalue weighted by atomic mass is 10.1. The number of hydrogen-bond donors (Lipinski definition) is 2. The van der Waals surface area contributed by atoms with E-state index in [0.29, 0.717) is 6.04 Å². The number of pyridine rings is 2. The summed E-state index contributed by atoms with van der Waals surface area (Å²) < 4.78 is 0. The third-order valence-electron chi connectivity index (χ3n) is 4.21. The average Bonchev–Trinajstić information content (AvgIpc) is 3.15. The Bertz CT molecular complexity index is 763. The molecule has 4 rings (SSSR count). The van der Waals surface area contributed by atoms with Gasteiger partial charge < -0.3 is 15.2 Å². The summed E-state index contributed by atoms with van der Waals surface area (Å²) in [4.78, 5) is 14.5. The van der Waals surface area contributed by atoms with Gasteiger partial charge in [0, 0.05) is 48.0 Å². The molecule has 102 valence electrons. The Labute approximate surface area is 117 Å². The smallest absolute Gasteiger partial charge is 0.138 e. The van der Waals surface area contributed by atoms with Crippen LogP contribution in [0.15, 0.2) is 30.7 Å². The monoisotopic (exact) mass is 267 g/mol. The number of likely N-dealkylation sites (N-methyl/N-ethyl adjacent to an activating group) is 1. The molecule has 0 spiro atoms. The number of anilines is 1. The minimum Gasteiger partial charge on any atom is -0.369 e. The van der Waals surface area contributed by atoms with Gasteiger partial charge in [-0.15, -0.1) is 0 Å². The molecular weight excluding hydrogens is 250 g/mol. The maximum atomic E-state index is 4.46. The quantitative estimate of drug-likeness (QED) is 0.744. The third kappa shape index (κ3) is 1.67. The summed E-state index contributed by atoms with van der Waals surface area (Å²) in [6, 6.07) is 4.77. The van der Waals surface area contributed by atoms with Crippen molar-refractivity contribution in [3.05, 3.63) is 30.7 Å². The lowest BCUT2D eigenvalue weighted by Gasteiger charge is -2.20. The van der Waals surface area contributed by atoms with Gasteiger partial charge in [0.15, 0.2) is 0 Å².